The van der Waals surface area contributed by atoms with Gasteiger partial charge in [0.2, 0.25) is 12.2 Å². The number of alkyl halides is 6. The molecule has 0 aliphatic rings. The molecule has 4 nitrogen and oxygen atoms in total. The molecule has 0 atom stereocenters. The number of aliphatic imine (C=N–C) groups is 2. The molecule has 0 aliphatic heterocycles. The molecule has 0 radical (unpaired) electrons. The Hall–Kier alpha value is -3.22. The lowest BCUT2D eigenvalue weighted by Gasteiger charge is -2.18. The molecule has 0 saturated carbocycles. The Morgan fingerprint density at radius 3 is 1.27 bits per heavy atom. The second-order valence-corrected chi connectivity index (χ2v) is 4.86. The summed E-state index contributed by atoms with van der Waals surface area (Å²) < 4.78 is 79.7. The van der Waals surface area contributed by atoms with Gasteiger partial charge in [-0.1, -0.05) is 12.1 Å². The van der Waals surface area contributed by atoms with Crippen LogP contribution in [-0.4, -0.2) is 12.2 Å². The van der Waals surface area contributed by atoms with Crippen molar-refractivity contribution in [1.82, 2.24) is 0 Å². The minimum Gasteiger partial charge on any atom is -0.211 e. The van der Waals surface area contributed by atoms with Crippen LogP contribution in [0.3, 0.4) is 0 Å². The molecule has 0 bridgehead atoms. The normalized spacial score (nSPS) is 11.5. The number of hydrogen-bond acceptors (Lipinski definition) is 4. The summed E-state index contributed by atoms with van der Waals surface area (Å²) in [5, 5.41) is 0. The van der Waals surface area contributed by atoms with Gasteiger partial charge >= 0.3 is 12.4 Å². The Bertz CT molecular complexity index is 859. The van der Waals surface area contributed by atoms with Crippen LogP contribution in [0.2, 0.25) is 0 Å². The van der Waals surface area contributed by atoms with Gasteiger partial charge in [0.1, 0.15) is 0 Å². The number of rotatable bonds is 3. The molecule has 0 aromatic heterocycles. The molecule has 0 aliphatic carbocycles. The Labute approximate surface area is 141 Å². The number of nitrogens with zero attached hydrogens (tertiary/aromatic N) is 2. The molecule has 0 heterocycles. The van der Waals surface area contributed by atoms with E-state index in [0.717, 1.165) is 36.4 Å². The molecule has 0 unspecified atom stereocenters. The number of halogens is 6. The average Bonchev–Trinajstić information content (AvgIpc) is 2.54. The van der Waals surface area contributed by atoms with E-state index in [2.05, 4.69) is 9.98 Å². The standard InChI is InChI=1S/C16H6F6N2O2/c17-15(18,19)13-5-9(23-7-25)1-3-11(13)12-4-2-10(24-8-26)6-14(12)16(20,21)22/h1-6H. The number of benzene rings is 2. The van der Waals surface area contributed by atoms with Crippen molar-refractivity contribution in [3.05, 3.63) is 47.5 Å². The molecule has 0 spiro atoms. The molecule has 0 fully saturated rings. The first-order valence-electron chi connectivity index (χ1n) is 6.66. The topological polar surface area (TPSA) is 58.9 Å². The number of hydrogen-bond donors (Lipinski definition) is 0. The maximum absolute atomic E-state index is 13.3. The van der Waals surface area contributed by atoms with Crippen LogP contribution in [0.25, 0.3) is 11.1 Å². The Kier molecular flexibility index (Phi) is 5.11. The lowest BCUT2D eigenvalue weighted by molar-refractivity contribution is -0.139. The van der Waals surface area contributed by atoms with Crippen molar-refractivity contribution in [1.29, 1.82) is 0 Å². The highest BCUT2D eigenvalue weighted by Crippen LogP contribution is 2.44. The summed E-state index contributed by atoms with van der Waals surface area (Å²) in [5.74, 6) is 0. The summed E-state index contributed by atoms with van der Waals surface area (Å²) in [6.45, 7) is 0. The summed E-state index contributed by atoms with van der Waals surface area (Å²) in [6, 6.07) is 4.33. The van der Waals surface area contributed by atoms with Gasteiger partial charge in [-0.05, 0) is 35.4 Å². The third-order valence-corrected chi connectivity index (χ3v) is 3.26. The number of carbonyl (C=O) groups excluding carboxylic acids is 2. The van der Waals surface area contributed by atoms with Crippen molar-refractivity contribution in [2.75, 3.05) is 0 Å². The van der Waals surface area contributed by atoms with Gasteiger partial charge in [0.25, 0.3) is 0 Å². The summed E-state index contributed by atoms with van der Waals surface area (Å²) in [7, 11) is 0. The second-order valence-electron chi connectivity index (χ2n) is 4.86. The van der Waals surface area contributed by atoms with Crippen LogP contribution in [0.1, 0.15) is 11.1 Å². The first kappa shape index (κ1) is 19.1. The average molecular weight is 372 g/mol. The highest BCUT2D eigenvalue weighted by atomic mass is 19.4. The lowest BCUT2D eigenvalue weighted by atomic mass is 9.94. The fraction of sp³-hybridized carbons (Fsp3) is 0.125. The van der Waals surface area contributed by atoms with Crippen LogP contribution in [0, 0.1) is 0 Å². The van der Waals surface area contributed by atoms with Crippen LogP contribution in [0.15, 0.2) is 46.4 Å². The summed E-state index contributed by atoms with van der Waals surface area (Å²) in [5.41, 5.74) is -5.18. The largest absolute Gasteiger partial charge is 0.417 e. The lowest BCUT2D eigenvalue weighted by Crippen LogP contribution is -2.11. The van der Waals surface area contributed by atoms with Crippen LogP contribution in [0.4, 0.5) is 37.7 Å². The zero-order valence-electron chi connectivity index (χ0n) is 12.4. The van der Waals surface area contributed by atoms with Crippen molar-refractivity contribution in [3.8, 4) is 11.1 Å². The van der Waals surface area contributed by atoms with Crippen LogP contribution < -0.4 is 0 Å². The first-order chi connectivity index (χ1) is 12.1. The van der Waals surface area contributed by atoms with Gasteiger partial charge in [0.05, 0.1) is 22.5 Å². The molecule has 0 amide bonds. The van der Waals surface area contributed by atoms with Crippen LogP contribution in [-0.2, 0) is 21.9 Å². The van der Waals surface area contributed by atoms with E-state index in [9.17, 15) is 35.9 Å². The maximum Gasteiger partial charge on any atom is 0.417 e. The first-order valence-corrected chi connectivity index (χ1v) is 6.66. The molecule has 2 rings (SSSR count). The Morgan fingerprint density at radius 1 is 0.654 bits per heavy atom. The Balaban J connectivity index is 2.83. The third-order valence-electron chi connectivity index (χ3n) is 3.26. The van der Waals surface area contributed by atoms with Crippen LogP contribution >= 0.6 is 0 Å². The van der Waals surface area contributed by atoms with E-state index in [-0.39, 0.29) is 0 Å². The van der Waals surface area contributed by atoms with E-state index in [1.54, 1.807) is 0 Å². The highest BCUT2D eigenvalue weighted by molar-refractivity contribution is 5.76. The molecular weight excluding hydrogens is 366 g/mol. The molecule has 134 valence electrons. The van der Waals surface area contributed by atoms with Crippen molar-refractivity contribution < 1.29 is 35.9 Å². The van der Waals surface area contributed by atoms with E-state index in [1.807, 2.05) is 0 Å². The van der Waals surface area contributed by atoms with Gasteiger partial charge in [0, 0.05) is 0 Å². The molecule has 26 heavy (non-hydrogen) atoms. The zero-order chi connectivity index (χ0) is 19.5. The van der Waals surface area contributed by atoms with Gasteiger partial charge in [-0.3, -0.25) is 0 Å². The van der Waals surface area contributed by atoms with E-state index in [4.69, 9.17) is 0 Å². The minimum atomic E-state index is -5.01. The highest BCUT2D eigenvalue weighted by Gasteiger charge is 2.38. The van der Waals surface area contributed by atoms with E-state index < -0.39 is 46.0 Å². The SMILES string of the molecule is O=C=Nc1ccc(-c2ccc(N=C=O)cc2C(F)(F)F)c(C(F)(F)F)c1. The van der Waals surface area contributed by atoms with E-state index in [1.165, 1.54) is 0 Å². The minimum absolute atomic E-state index is 0.410. The molecule has 0 saturated heterocycles. The van der Waals surface area contributed by atoms with Gasteiger partial charge in [0.15, 0.2) is 0 Å². The molecule has 0 N–H and O–H groups in total. The van der Waals surface area contributed by atoms with Gasteiger partial charge < -0.3 is 0 Å². The number of isocyanates is 2. The Morgan fingerprint density at radius 2 is 1.00 bits per heavy atom. The van der Waals surface area contributed by atoms with Crippen molar-refractivity contribution in [3.63, 3.8) is 0 Å². The predicted molar refractivity (Wildman–Crippen MR) is 77.4 cm³/mol. The summed E-state index contributed by atoms with van der Waals surface area (Å²) in [4.78, 5) is 26.5. The predicted octanol–water partition coefficient (Wildman–Crippen LogP) is 5.33. The third kappa shape index (κ3) is 4.05. The van der Waals surface area contributed by atoms with Crippen LogP contribution in [0.5, 0.6) is 0 Å². The fourth-order valence-corrected chi connectivity index (χ4v) is 2.25. The zero-order valence-corrected chi connectivity index (χ0v) is 12.4. The van der Waals surface area contributed by atoms with Gasteiger partial charge in [-0.25, -0.2) is 9.59 Å². The monoisotopic (exact) mass is 372 g/mol. The van der Waals surface area contributed by atoms with Crippen molar-refractivity contribution in [2.24, 2.45) is 9.98 Å². The smallest absolute Gasteiger partial charge is 0.211 e. The van der Waals surface area contributed by atoms with E-state index >= 15 is 0 Å². The second kappa shape index (κ2) is 6.95. The van der Waals surface area contributed by atoms with Gasteiger partial charge in [-0.15, -0.1) is 0 Å². The fourth-order valence-electron chi connectivity index (χ4n) is 2.25. The molecular formula is C16H6F6N2O2. The molecule has 2 aromatic rings. The molecule has 10 heteroatoms. The summed E-state index contributed by atoms with van der Waals surface area (Å²) >= 11 is 0. The summed E-state index contributed by atoms with van der Waals surface area (Å²) in [6.07, 6.45) is -7.90. The quantitative estimate of drug-likeness (QED) is 0.416. The van der Waals surface area contributed by atoms with Crippen molar-refractivity contribution >= 4 is 23.5 Å². The van der Waals surface area contributed by atoms with Crippen molar-refractivity contribution in [2.45, 2.75) is 12.4 Å². The van der Waals surface area contributed by atoms with E-state index in [0.29, 0.717) is 12.1 Å². The van der Waals surface area contributed by atoms with Gasteiger partial charge in [-0.2, -0.15) is 36.3 Å². The maximum atomic E-state index is 13.3. The molecule has 2 aromatic carbocycles.